The van der Waals surface area contributed by atoms with Crippen LogP contribution in [0.2, 0.25) is 0 Å². The number of pyridine rings is 1. The number of fused-ring (bicyclic) bond motifs is 2. The standard InChI is InChI=1S/C19H21N7O/c1-19(20)10-13(11-19)22-18-23-17(27-2)16-15(5-8-26(16)24-18)12-4-7-25-14(9-12)3-6-21-25/h3-9,13H,10-11,20H2,1-2H3,(H,22,24). The normalized spacial score (nSPS) is 22.1. The van der Waals surface area contributed by atoms with E-state index >= 15 is 0 Å². The zero-order valence-corrected chi connectivity index (χ0v) is 15.3. The van der Waals surface area contributed by atoms with E-state index in [0.717, 1.165) is 35.0 Å². The van der Waals surface area contributed by atoms with Crippen LogP contribution in [0.5, 0.6) is 5.88 Å². The van der Waals surface area contributed by atoms with Gasteiger partial charge in [0.15, 0.2) is 0 Å². The number of hydrogen-bond acceptors (Lipinski definition) is 6. The topological polar surface area (TPSA) is 94.8 Å². The van der Waals surface area contributed by atoms with Crippen molar-refractivity contribution in [3.05, 3.63) is 42.9 Å². The number of nitrogens with two attached hydrogens (primary N) is 1. The SMILES string of the molecule is COc1nc(NC2CC(C)(N)C2)nn2ccc(-c3ccn4nccc4c3)c12. The lowest BCUT2D eigenvalue weighted by Crippen LogP contribution is -2.54. The third-order valence-corrected chi connectivity index (χ3v) is 5.14. The lowest BCUT2D eigenvalue weighted by atomic mass is 9.75. The predicted molar refractivity (Wildman–Crippen MR) is 103 cm³/mol. The first kappa shape index (κ1) is 16.1. The number of ether oxygens (including phenoxy) is 1. The Morgan fingerprint density at radius 2 is 2.04 bits per heavy atom. The van der Waals surface area contributed by atoms with E-state index in [-0.39, 0.29) is 5.54 Å². The van der Waals surface area contributed by atoms with Crippen molar-refractivity contribution in [3.8, 4) is 17.0 Å². The summed E-state index contributed by atoms with van der Waals surface area (Å²) in [5.74, 6) is 1.09. The van der Waals surface area contributed by atoms with Gasteiger partial charge in [0.1, 0.15) is 5.52 Å². The number of anilines is 1. The first-order valence-electron chi connectivity index (χ1n) is 8.95. The summed E-state index contributed by atoms with van der Waals surface area (Å²) in [4.78, 5) is 4.58. The molecule has 1 aliphatic carbocycles. The summed E-state index contributed by atoms with van der Waals surface area (Å²) in [7, 11) is 1.63. The smallest absolute Gasteiger partial charge is 0.244 e. The van der Waals surface area contributed by atoms with Gasteiger partial charge in [-0.15, -0.1) is 5.10 Å². The minimum absolute atomic E-state index is 0.0984. The highest BCUT2D eigenvalue weighted by atomic mass is 16.5. The van der Waals surface area contributed by atoms with Crippen LogP contribution in [0.25, 0.3) is 22.2 Å². The highest BCUT2D eigenvalue weighted by molar-refractivity contribution is 5.85. The van der Waals surface area contributed by atoms with Gasteiger partial charge in [-0.25, -0.2) is 9.03 Å². The van der Waals surface area contributed by atoms with E-state index in [9.17, 15) is 0 Å². The molecule has 138 valence electrons. The van der Waals surface area contributed by atoms with Gasteiger partial charge in [0.25, 0.3) is 0 Å². The van der Waals surface area contributed by atoms with E-state index in [1.165, 1.54) is 0 Å². The van der Waals surface area contributed by atoms with Crippen molar-refractivity contribution < 1.29 is 4.74 Å². The third kappa shape index (κ3) is 2.69. The summed E-state index contributed by atoms with van der Waals surface area (Å²) in [5, 5.41) is 12.2. The van der Waals surface area contributed by atoms with Crippen molar-refractivity contribution in [1.82, 2.24) is 24.2 Å². The molecule has 8 nitrogen and oxygen atoms in total. The van der Waals surface area contributed by atoms with Crippen LogP contribution in [0.1, 0.15) is 19.8 Å². The van der Waals surface area contributed by atoms with Gasteiger partial charge in [-0.3, -0.25) is 0 Å². The largest absolute Gasteiger partial charge is 0.479 e. The van der Waals surface area contributed by atoms with Crippen molar-refractivity contribution in [2.75, 3.05) is 12.4 Å². The van der Waals surface area contributed by atoms with Gasteiger partial charge in [0.2, 0.25) is 11.8 Å². The fourth-order valence-electron chi connectivity index (χ4n) is 3.87. The Labute approximate surface area is 156 Å². The van der Waals surface area contributed by atoms with Gasteiger partial charge in [-0.1, -0.05) is 0 Å². The van der Waals surface area contributed by atoms with Crippen molar-refractivity contribution in [1.29, 1.82) is 0 Å². The molecule has 0 amide bonds. The molecule has 4 aromatic rings. The van der Waals surface area contributed by atoms with Crippen molar-refractivity contribution >= 4 is 17.0 Å². The third-order valence-electron chi connectivity index (χ3n) is 5.14. The second kappa shape index (κ2) is 5.68. The van der Waals surface area contributed by atoms with Gasteiger partial charge in [0.05, 0.1) is 12.6 Å². The number of rotatable bonds is 4. The molecule has 0 aromatic carbocycles. The second-order valence-electron chi connectivity index (χ2n) is 7.49. The molecule has 0 unspecified atom stereocenters. The van der Waals surface area contributed by atoms with Crippen LogP contribution in [0, 0.1) is 0 Å². The van der Waals surface area contributed by atoms with Crippen LogP contribution in [-0.2, 0) is 0 Å². The first-order chi connectivity index (χ1) is 13.0. The molecule has 4 heterocycles. The second-order valence-corrected chi connectivity index (χ2v) is 7.49. The van der Waals surface area contributed by atoms with Crippen LogP contribution in [0.3, 0.4) is 0 Å². The highest BCUT2D eigenvalue weighted by Crippen LogP contribution is 2.34. The molecule has 3 N–H and O–H groups in total. The maximum absolute atomic E-state index is 6.09. The molecular formula is C19H21N7O. The van der Waals surface area contributed by atoms with E-state index in [1.54, 1.807) is 13.3 Å². The molecule has 1 aliphatic rings. The fraction of sp³-hybridized carbons (Fsp3) is 0.316. The molecule has 0 aliphatic heterocycles. The van der Waals surface area contributed by atoms with Crippen LogP contribution in [0.15, 0.2) is 42.9 Å². The lowest BCUT2D eigenvalue weighted by Gasteiger charge is -2.42. The van der Waals surface area contributed by atoms with E-state index in [2.05, 4.69) is 33.5 Å². The number of nitrogens with one attached hydrogen (secondary N) is 1. The predicted octanol–water partition coefficient (Wildman–Crippen LogP) is 2.34. The maximum Gasteiger partial charge on any atom is 0.244 e. The molecule has 27 heavy (non-hydrogen) atoms. The summed E-state index contributed by atoms with van der Waals surface area (Å²) in [6.07, 6.45) is 7.45. The molecule has 1 fully saturated rings. The number of aromatic nitrogens is 5. The van der Waals surface area contributed by atoms with Gasteiger partial charge in [0, 0.05) is 35.7 Å². The number of nitrogens with zero attached hydrogens (tertiary/aromatic N) is 5. The van der Waals surface area contributed by atoms with Crippen molar-refractivity contribution in [3.63, 3.8) is 0 Å². The van der Waals surface area contributed by atoms with Crippen molar-refractivity contribution in [2.45, 2.75) is 31.3 Å². The summed E-state index contributed by atoms with van der Waals surface area (Å²) >= 11 is 0. The molecule has 0 radical (unpaired) electrons. The molecule has 0 bridgehead atoms. The molecule has 0 atom stereocenters. The van der Waals surface area contributed by atoms with E-state index in [1.807, 2.05) is 39.6 Å². The Morgan fingerprint density at radius 3 is 2.81 bits per heavy atom. The molecule has 8 heteroatoms. The monoisotopic (exact) mass is 363 g/mol. The minimum Gasteiger partial charge on any atom is -0.479 e. The lowest BCUT2D eigenvalue weighted by molar-refractivity contribution is 0.247. The van der Waals surface area contributed by atoms with Gasteiger partial charge >= 0.3 is 0 Å². The Kier molecular flexibility index (Phi) is 3.38. The molecule has 1 saturated carbocycles. The average molecular weight is 363 g/mol. The molecule has 0 spiro atoms. The summed E-state index contributed by atoms with van der Waals surface area (Å²) in [6, 6.07) is 8.41. The average Bonchev–Trinajstić information content (AvgIpc) is 3.25. The van der Waals surface area contributed by atoms with Crippen LogP contribution in [-0.4, -0.2) is 42.9 Å². The molecule has 5 rings (SSSR count). The van der Waals surface area contributed by atoms with Gasteiger partial charge in [-0.2, -0.15) is 10.1 Å². The number of methoxy groups -OCH3 is 1. The zero-order valence-electron chi connectivity index (χ0n) is 15.3. The van der Waals surface area contributed by atoms with Crippen molar-refractivity contribution in [2.24, 2.45) is 5.73 Å². The fourth-order valence-corrected chi connectivity index (χ4v) is 3.87. The summed E-state index contributed by atoms with van der Waals surface area (Å²) < 4.78 is 9.23. The first-order valence-corrected chi connectivity index (χ1v) is 8.95. The zero-order chi connectivity index (χ0) is 18.6. The maximum atomic E-state index is 6.09. The number of hydrogen-bond donors (Lipinski definition) is 2. The molecular weight excluding hydrogens is 342 g/mol. The van der Waals surface area contributed by atoms with Gasteiger partial charge < -0.3 is 15.8 Å². The van der Waals surface area contributed by atoms with Gasteiger partial charge in [-0.05, 0) is 49.6 Å². The molecule has 0 saturated heterocycles. The Balaban J connectivity index is 1.55. The van der Waals surface area contributed by atoms with Crippen LogP contribution in [0.4, 0.5) is 5.95 Å². The van der Waals surface area contributed by atoms with E-state index < -0.39 is 0 Å². The summed E-state index contributed by atoms with van der Waals surface area (Å²) in [6.45, 7) is 2.06. The van der Waals surface area contributed by atoms with Crippen LogP contribution >= 0.6 is 0 Å². The Bertz CT molecular complexity index is 1140. The van der Waals surface area contributed by atoms with Crippen LogP contribution < -0.4 is 15.8 Å². The molecule has 4 aromatic heterocycles. The van der Waals surface area contributed by atoms with E-state index in [0.29, 0.717) is 17.9 Å². The quantitative estimate of drug-likeness (QED) is 0.578. The Hall–Kier alpha value is -3.13. The minimum atomic E-state index is -0.0984. The highest BCUT2D eigenvalue weighted by Gasteiger charge is 2.37. The summed E-state index contributed by atoms with van der Waals surface area (Å²) in [5.41, 5.74) is 9.94. The Morgan fingerprint density at radius 1 is 1.22 bits per heavy atom. The van der Waals surface area contributed by atoms with E-state index in [4.69, 9.17) is 10.5 Å².